The summed E-state index contributed by atoms with van der Waals surface area (Å²) in [6.07, 6.45) is 6.26. The molecule has 0 aliphatic carbocycles. The van der Waals surface area contributed by atoms with E-state index in [1.54, 1.807) is 0 Å². The number of piperidine rings is 1. The van der Waals surface area contributed by atoms with Gasteiger partial charge in [-0.05, 0) is 51.9 Å². The third-order valence-electron chi connectivity index (χ3n) is 3.50. The molecule has 2 heterocycles. The van der Waals surface area contributed by atoms with E-state index in [9.17, 15) is 0 Å². The molecule has 2 rings (SSSR count). The van der Waals surface area contributed by atoms with Gasteiger partial charge in [0.05, 0.1) is 17.9 Å². The molecule has 1 aromatic rings. The van der Waals surface area contributed by atoms with E-state index >= 15 is 0 Å². The Labute approximate surface area is 97.9 Å². The van der Waals surface area contributed by atoms with Gasteiger partial charge in [-0.2, -0.15) is 0 Å². The van der Waals surface area contributed by atoms with Gasteiger partial charge in [-0.15, -0.1) is 0 Å². The summed E-state index contributed by atoms with van der Waals surface area (Å²) in [6.45, 7) is 3.36. The third kappa shape index (κ3) is 2.60. The van der Waals surface area contributed by atoms with Crippen LogP contribution in [0.25, 0.3) is 0 Å². The molecule has 1 fully saturated rings. The van der Waals surface area contributed by atoms with Crippen molar-refractivity contribution in [1.29, 1.82) is 0 Å². The van der Waals surface area contributed by atoms with Crippen molar-refractivity contribution in [1.82, 2.24) is 15.2 Å². The van der Waals surface area contributed by atoms with Crippen LogP contribution >= 0.6 is 0 Å². The Hall–Kier alpha value is -0.930. The lowest BCUT2D eigenvalue weighted by atomic mass is 10.1. The number of hydrogen-bond acceptors (Lipinski definition) is 3. The first-order valence-corrected chi connectivity index (χ1v) is 6.15. The molecule has 2 unspecified atom stereocenters. The summed E-state index contributed by atoms with van der Waals surface area (Å²) in [7, 11) is 2.18. The molecule has 1 aromatic heterocycles. The first-order chi connectivity index (χ1) is 7.79. The van der Waals surface area contributed by atoms with Gasteiger partial charge >= 0.3 is 0 Å². The highest BCUT2D eigenvalue weighted by atomic mass is 15.3. The van der Waals surface area contributed by atoms with Crippen LogP contribution < -0.4 is 5.32 Å². The van der Waals surface area contributed by atoms with E-state index in [1.807, 2.05) is 12.3 Å². The quantitative estimate of drug-likeness (QED) is 0.844. The number of rotatable bonds is 3. The topological polar surface area (TPSA) is 28.2 Å². The van der Waals surface area contributed by atoms with Crippen LogP contribution in [0.1, 0.15) is 37.9 Å². The lowest BCUT2D eigenvalue weighted by Crippen LogP contribution is -2.47. The van der Waals surface area contributed by atoms with Crippen LogP contribution in [-0.2, 0) is 0 Å². The summed E-state index contributed by atoms with van der Waals surface area (Å²) in [4.78, 5) is 6.82. The van der Waals surface area contributed by atoms with Crippen molar-refractivity contribution < 1.29 is 0 Å². The van der Waals surface area contributed by atoms with Crippen molar-refractivity contribution in [2.45, 2.75) is 38.4 Å². The van der Waals surface area contributed by atoms with Crippen molar-refractivity contribution in [3.8, 4) is 0 Å². The number of aromatic nitrogens is 1. The highest BCUT2D eigenvalue weighted by Gasteiger charge is 2.22. The molecular weight excluding hydrogens is 198 g/mol. The molecule has 1 N–H and O–H groups in total. The zero-order chi connectivity index (χ0) is 11.4. The highest BCUT2D eigenvalue weighted by Crippen LogP contribution is 2.21. The van der Waals surface area contributed by atoms with Crippen LogP contribution in [-0.4, -0.2) is 29.6 Å². The van der Waals surface area contributed by atoms with Crippen molar-refractivity contribution in [3.05, 3.63) is 30.1 Å². The van der Waals surface area contributed by atoms with Gasteiger partial charge < -0.3 is 5.32 Å². The molecule has 1 saturated heterocycles. The number of nitrogens with one attached hydrogen (secondary N) is 1. The number of pyridine rings is 1. The molecule has 2 atom stereocenters. The maximum Gasteiger partial charge on any atom is 0.0600 e. The molecular formula is C13H21N3. The third-order valence-corrected chi connectivity index (χ3v) is 3.50. The summed E-state index contributed by atoms with van der Waals surface area (Å²) < 4.78 is 0. The van der Waals surface area contributed by atoms with E-state index in [0.29, 0.717) is 12.2 Å². The monoisotopic (exact) mass is 219 g/mol. The Bertz CT molecular complexity index is 306. The molecule has 0 bridgehead atoms. The zero-order valence-electron chi connectivity index (χ0n) is 10.2. The lowest BCUT2D eigenvalue weighted by molar-refractivity contribution is 0.126. The van der Waals surface area contributed by atoms with E-state index in [-0.39, 0.29) is 0 Å². The SMILES string of the molecule is CC(c1ccccn1)N(C)C1CCCCN1. The van der Waals surface area contributed by atoms with Crippen molar-refractivity contribution in [2.75, 3.05) is 13.6 Å². The fourth-order valence-corrected chi connectivity index (χ4v) is 2.28. The first kappa shape index (κ1) is 11.6. The molecule has 1 aliphatic heterocycles. The summed E-state index contributed by atoms with van der Waals surface area (Å²) in [5.74, 6) is 0. The van der Waals surface area contributed by atoms with E-state index < -0.39 is 0 Å². The molecule has 0 saturated carbocycles. The molecule has 1 aliphatic rings. The van der Waals surface area contributed by atoms with Crippen LogP contribution in [0.2, 0.25) is 0 Å². The average molecular weight is 219 g/mol. The minimum Gasteiger partial charge on any atom is -0.302 e. The van der Waals surface area contributed by atoms with Gasteiger partial charge in [0, 0.05) is 6.20 Å². The van der Waals surface area contributed by atoms with Gasteiger partial charge in [0.2, 0.25) is 0 Å². The minimum absolute atomic E-state index is 0.372. The van der Waals surface area contributed by atoms with Gasteiger partial charge in [0.15, 0.2) is 0 Å². The zero-order valence-corrected chi connectivity index (χ0v) is 10.2. The van der Waals surface area contributed by atoms with E-state index in [1.165, 1.54) is 19.3 Å². The normalized spacial score (nSPS) is 23.3. The smallest absolute Gasteiger partial charge is 0.0600 e. The Morgan fingerprint density at radius 2 is 2.31 bits per heavy atom. The molecule has 3 heteroatoms. The van der Waals surface area contributed by atoms with Crippen LogP contribution in [0.5, 0.6) is 0 Å². The van der Waals surface area contributed by atoms with Gasteiger partial charge in [0.25, 0.3) is 0 Å². The highest BCUT2D eigenvalue weighted by molar-refractivity contribution is 5.08. The van der Waals surface area contributed by atoms with Crippen LogP contribution in [0.4, 0.5) is 0 Å². The number of nitrogens with zero attached hydrogens (tertiary/aromatic N) is 2. The van der Waals surface area contributed by atoms with E-state index in [2.05, 4.69) is 41.3 Å². The molecule has 0 aromatic carbocycles. The molecule has 0 spiro atoms. The first-order valence-electron chi connectivity index (χ1n) is 6.15. The fraction of sp³-hybridized carbons (Fsp3) is 0.615. The summed E-state index contributed by atoms with van der Waals surface area (Å²) >= 11 is 0. The summed E-state index contributed by atoms with van der Waals surface area (Å²) in [5, 5.41) is 3.57. The second-order valence-electron chi connectivity index (χ2n) is 4.56. The largest absolute Gasteiger partial charge is 0.302 e. The summed E-state index contributed by atoms with van der Waals surface area (Å²) in [6, 6.07) is 6.50. The van der Waals surface area contributed by atoms with Gasteiger partial charge in [-0.1, -0.05) is 6.07 Å². The molecule has 88 valence electrons. The molecule has 3 nitrogen and oxygen atoms in total. The van der Waals surface area contributed by atoms with E-state index in [0.717, 1.165) is 12.2 Å². The van der Waals surface area contributed by atoms with Crippen LogP contribution in [0, 0.1) is 0 Å². The Morgan fingerprint density at radius 1 is 1.44 bits per heavy atom. The second kappa shape index (κ2) is 5.41. The lowest BCUT2D eigenvalue weighted by Gasteiger charge is -2.36. The van der Waals surface area contributed by atoms with Crippen LogP contribution in [0.3, 0.4) is 0 Å². The molecule has 0 radical (unpaired) electrons. The molecule has 0 amide bonds. The maximum absolute atomic E-state index is 4.43. The number of hydrogen-bond donors (Lipinski definition) is 1. The van der Waals surface area contributed by atoms with Crippen molar-refractivity contribution >= 4 is 0 Å². The second-order valence-corrected chi connectivity index (χ2v) is 4.56. The predicted octanol–water partition coefficient (Wildman–Crippen LogP) is 2.17. The van der Waals surface area contributed by atoms with Gasteiger partial charge in [-0.25, -0.2) is 0 Å². The Kier molecular flexibility index (Phi) is 3.91. The maximum atomic E-state index is 4.43. The van der Waals surface area contributed by atoms with E-state index in [4.69, 9.17) is 0 Å². The Morgan fingerprint density at radius 3 is 2.94 bits per heavy atom. The Balaban J connectivity index is 2.00. The van der Waals surface area contributed by atoms with Crippen molar-refractivity contribution in [3.63, 3.8) is 0 Å². The fourth-order valence-electron chi connectivity index (χ4n) is 2.28. The van der Waals surface area contributed by atoms with Gasteiger partial charge in [-0.3, -0.25) is 9.88 Å². The minimum atomic E-state index is 0.372. The van der Waals surface area contributed by atoms with Crippen LogP contribution in [0.15, 0.2) is 24.4 Å². The average Bonchev–Trinajstić information content (AvgIpc) is 2.39. The molecule has 16 heavy (non-hydrogen) atoms. The standard InChI is InChI=1S/C13H21N3/c1-11(12-7-3-5-9-14-12)16(2)13-8-4-6-10-15-13/h3,5,7,9,11,13,15H,4,6,8,10H2,1-2H3. The van der Waals surface area contributed by atoms with Gasteiger partial charge in [0.1, 0.15) is 0 Å². The van der Waals surface area contributed by atoms with Crippen molar-refractivity contribution in [2.24, 2.45) is 0 Å². The summed E-state index contributed by atoms with van der Waals surface area (Å²) in [5.41, 5.74) is 1.15. The predicted molar refractivity (Wildman–Crippen MR) is 66.1 cm³/mol.